The quantitative estimate of drug-likeness (QED) is 0.0132. The molecule has 0 aliphatic carbocycles. The second-order valence-corrected chi connectivity index (χ2v) is 44.4. The summed E-state index contributed by atoms with van der Waals surface area (Å²) in [7, 11) is -31.4. The highest BCUT2D eigenvalue weighted by atomic mass is 35.5. The standard InChI is InChI=1S/C12H16Cl2O4S.C10H12Cl2O4S.C10H12Cl2O3S.C9H10Cl2O4S.C9H10Cl2O3S.C8H8Cl2O4S.C8H8Cl2O3S.C7H6Cl2O3S/c13-10-5-6-11(14)12(9-10)18-7-3-1-2-4-8-19(15,16)17;11-8-3-4-9(12)10(7-8)16-5-1-2-6-17(13,14)15;11-9-4-5-10(12)8(7-9)3-1-2-6-16(13,14)15;10-7-2-3-8(11)9(6-7)15-4-1-5-16(12,13)14;10-8-3-4-9(11)7(6-8)2-1-5-15(12,13)14;9-6-1-2-7(10)8(5-6)14-3-4-15(11,12)13;9-7-1-2-8(10)6(5-7)3-4-14(11,12)13;8-6-1-2-7(9)5(3-6)4-13(10,11)12/h5-6,9H,1-4,7-8H2,(H,15,16,17);3-4,7H,1-2,5-6H2,(H,13,14,15);4-5,7H,1-3,6H2,(H,13,14,15);2-3,6H,1,4-5H2,(H,12,13,14);3-4,6H,1-2,5H2,(H,12,13,14);1-2,5H,3-4H2,(H,11,12,13);1-2,5H,3-4H2,(H,11,12,13);1-3H,4H2,(H,10,11,12). The van der Waals surface area contributed by atoms with Crippen LogP contribution in [-0.2, 0) is 106 Å². The Hall–Kier alpha value is -3.12. The lowest BCUT2D eigenvalue weighted by molar-refractivity contribution is 0.305. The molecule has 0 aliphatic heterocycles. The summed E-state index contributed by atoms with van der Waals surface area (Å²) in [6.07, 6.45) is 6.44. The molecule has 0 spiro atoms. The van der Waals surface area contributed by atoms with Gasteiger partial charge in [-0.2, -0.15) is 67.3 Å². The molecule has 0 amide bonds. The minimum atomic E-state index is -4.06. The topological polar surface area (TPSA) is 472 Å². The zero-order valence-electron chi connectivity index (χ0n) is 64.6. The molecule has 8 N–H and O–H groups in total. The van der Waals surface area contributed by atoms with E-state index in [0.29, 0.717) is 163 Å². The number of rotatable bonds is 37. The Morgan fingerprint density at radius 3 is 0.720 bits per heavy atom. The van der Waals surface area contributed by atoms with E-state index in [2.05, 4.69) is 0 Å². The minimum Gasteiger partial charge on any atom is -0.492 e. The van der Waals surface area contributed by atoms with Crippen molar-refractivity contribution < 1.29 is 123 Å². The normalized spacial score (nSPS) is 11.6. The van der Waals surface area contributed by atoms with Crippen LogP contribution in [0.25, 0.3) is 0 Å². The summed E-state index contributed by atoms with van der Waals surface area (Å²) in [6, 6.07) is 38.6. The van der Waals surface area contributed by atoms with Gasteiger partial charge in [0.05, 0.1) is 74.4 Å². The summed E-state index contributed by atoms with van der Waals surface area (Å²) in [6.45, 7) is 0.764. The molecule has 0 aliphatic rings. The molecule has 0 aromatic heterocycles. The van der Waals surface area contributed by atoms with Gasteiger partial charge < -0.3 is 18.9 Å². The molecule has 28 nitrogen and oxygen atoms in total. The van der Waals surface area contributed by atoms with Gasteiger partial charge >= 0.3 is 0 Å². The summed E-state index contributed by atoms with van der Waals surface area (Å²) in [5.74, 6) is -0.953. The summed E-state index contributed by atoms with van der Waals surface area (Å²) in [5.41, 5.74) is 2.57. The highest BCUT2D eigenvalue weighted by molar-refractivity contribution is 7.87. The fourth-order valence-electron chi connectivity index (χ4n) is 8.86. The number of halogens is 16. The molecule has 0 unspecified atom stereocenters. The summed E-state index contributed by atoms with van der Waals surface area (Å²) in [5, 5.41) is 7.58. The number of unbranched alkanes of at least 4 members (excludes halogenated alkanes) is 5. The van der Waals surface area contributed by atoms with Gasteiger partial charge in [-0.15, -0.1) is 0 Å². The van der Waals surface area contributed by atoms with Gasteiger partial charge in [0.1, 0.15) is 41.1 Å². The van der Waals surface area contributed by atoms with Crippen LogP contribution in [0, 0.1) is 0 Å². The molecular formula is C73H82Cl16O28S8. The molecule has 52 heteroatoms. The van der Waals surface area contributed by atoms with E-state index in [9.17, 15) is 67.3 Å². The van der Waals surface area contributed by atoms with Gasteiger partial charge in [0, 0.05) is 84.5 Å². The maximum atomic E-state index is 10.5. The third-order valence-electron chi connectivity index (χ3n) is 14.5. The highest BCUT2D eigenvalue weighted by Crippen LogP contribution is 2.33. The number of hydrogen-bond donors (Lipinski definition) is 8. The maximum absolute atomic E-state index is 10.5. The van der Waals surface area contributed by atoms with Crippen LogP contribution in [0.2, 0.25) is 80.4 Å². The predicted molar refractivity (Wildman–Crippen MR) is 501 cm³/mol. The maximum Gasteiger partial charge on any atom is 0.269 e. The Labute approximate surface area is 807 Å². The lowest BCUT2D eigenvalue weighted by atomic mass is 10.1. The Kier molecular flexibility index (Phi) is 57.7. The van der Waals surface area contributed by atoms with Crippen LogP contribution >= 0.6 is 186 Å². The van der Waals surface area contributed by atoms with E-state index < -0.39 is 92.5 Å². The van der Waals surface area contributed by atoms with Gasteiger partial charge in [0.2, 0.25) is 0 Å². The molecule has 8 aromatic carbocycles. The first-order chi connectivity index (χ1) is 57.6. The van der Waals surface area contributed by atoms with Crippen molar-refractivity contribution in [1.29, 1.82) is 0 Å². The Morgan fingerprint density at radius 2 is 0.408 bits per heavy atom. The van der Waals surface area contributed by atoms with E-state index >= 15 is 0 Å². The fraction of sp³-hybridized carbons (Fsp3) is 0.342. The molecule has 125 heavy (non-hydrogen) atoms. The summed E-state index contributed by atoms with van der Waals surface area (Å²) < 4.78 is 257. The molecule has 0 saturated heterocycles. The van der Waals surface area contributed by atoms with E-state index in [1.165, 1.54) is 36.4 Å². The van der Waals surface area contributed by atoms with E-state index in [1.54, 1.807) is 109 Å². The Balaban J connectivity index is 0.000000716. The van der Waals surface area contributed by atoms with Crippen molar-refractivity contribution >= 4 is 267 Å². The number of hydrogen-bond acceptors (Lipinski definition) is 20. The molecule has 0 radical (unpaired) electrons. The molecule has 8 aromatic rings. The van der Waals surface area contributed by atoms with Crippen molar-refractivity contribution in [1.82, 2.24) is 0 Å². The first-order valence-electron chi connectivity index (χ1n) is 35.3. The van der Waals surface area contributed by atoms with E-state index in [1.807, 2.05) is 0 Å². The van der Waals surface area contributed by atoms with Crippen LogP contribution in [0.1, 0.15) is 86.5 Å². The molecule has 0 bridgehead atoms. The Bertz CT molecular complexity index is 5530. The molecule has 0 heterocycles. The van der Waals surface area contributed by atoms with Crippen LogP contribution in [0.15, 0.2) is 146 Å². The smallest absolute Gasteiger partial charge is 0.269 e. The Morgan fingerprint density at radius 1 is 0.192 bits per heavy atom. The van der Waals surface area contributed by atoms with E-state index in [4.69, 9.17) is 241 Å². The summed E-state index contributed by atoms with van der Waals surface area (Å²) in [4.78, 5) is 0. The van der Waals surface area contributed by atoms with Crippen molar-refractivity contribution in [2.45, 2.75) is 89.2 Å². The van der Waals surface area contributed by atoms with E-state index in [0.717, 1.165) is 30.4 Å². The number of benzene rings is 8. The number of aryl methyl sites for hydroxylation is 3. The largest absolute Gasteiger partial charge is 0.492 e. The zero-order valence-corrected chi connectivity index (χ0v) is 83.2. The lowest BCUT2D eigenvalue weighted by Gasteiger charge is -2.08. The van der Waals surface area contributed by atoms with Crippen molar-refractivity contribution in [3.63, 3.8) is 0 Å². The number of ether oxygens (including phenoxy) is 4. The van der Waals surface area contributed by atoms with Gasteiger partial charge in [0.15, 0.2) is 0 Å². The molecule has 0 saturated carbocycles. The van der Waals surface area contributed by atoms with Gasteiger partial charge in [-0.05, 0) is 214 Å². The van der Waals surface area contributed by atoms with Crippen molar-refractivity contribution in [2.75, 3.05) is 66.7 Å². The first-order valence-corrected chi connectivity index (χ1v) is 54.2. The average molecular weight is 2230 g/mol. The molecular weight excluding hydrogens is 2150 g/mol. The van der Waals surface area contributed by atoms with Crippen LogP contribution in [0.4, 0.5) is 0 Å². The average Bonchev–Trinajstić information content (AvgIpc) is 0.799. The van der Waals surface area contributed by atoms with Gasteiger partial charge in [-0.3, -0.25) is 36.4 Å². The fourth-order valence-corrected chi connectivity index (χ4v) is 16.0. The minimum absolute atomic E-state index is 0.139. The third-order valence-corrected chi connectivity index (χ3v) is 25.2. The second kappa shape index (κ2) is 60.2. The molecule has 0 atom stereocenters. The van der Waals surface area contributed by atoms with Crippen LogP contribution in [0.5, 0.6) is 23.0 Å². The lowest BCUT2D eigenvalue weighted by Crippen LogP contribution is -2.12. The van der Waals surface area contributed by atoms with Crippen molar-refractivity contribution in [3.8, 4) is 23.0 Å². The highest BCUT2D eigenvalue weighted by Gasteiger charge is 2.16. The SMILES string of the molecule is O=S(=O)(O)CCCCCCOc1cc(Cl)ccc1Cl.O=S(=O)(O)CCCCOc1cc(Cl)ccc1Cl.O=S(=O)(O)CCCCc1cc(Cl)ccc1Cl.O=S(=O)(O)CCCOc1cc(Cl)ccc1Cl.O=S(=O)(O)CCCc1cc(Cl)ccc1Cl.O=S(=O)(O)CCOc1cc(Cl)ccc1Cl.O=S(=O)(O)CCc1cc(Cl)ccc1Cl.O=S(=O)(O)Cc1cc(Cl)ccc1Cl. The van der Waals surface area contributed by atoms with Gasteiger partial charge in [0.25, 0.3) is 80.9 Å². The third kappa shape index (κ3) is 65.2. The molecule has 0 fully saturated rings. The monoisotopic (exact) mass is 2220 g/mol. The molecule has 702 valence electrons. The van der Waals surface area contributed by atoms with Gasteiger partial charge in [-0.25, -0.2) is 0 Å². The predicted octanol–water partition coefficient (Wildman–Crippen LogP) is 22.6. The molecule has 8 rings (SSSR count). The zero-order chi connectivity index (χ0) is 95.3. The van der Waals surface area contributed by atoms with Crippen LogP contribution in [0.3, 0.4) is 0 Å². The van der Waals surface area contributed by atoms with E-state index in [-0.39, 0.29) is 76.9 Å². The summed E-state index contributed by atoms with van der Waals surface area (Å²) >= 11 is 92.5. The second-order valence-electron chi connectivity index (χ2n) is 25.1. The van der Waals surface area contributed by atoms with Crippen LogP contribution < -0.4 is 18.9 Å². The van der Waals surface area contributed by atoms with Crippen LogP contribution in [-0.4, -0.2) is 170 Å². The van der Waals surface area contributed by atoms with Gasteiger partial charge in [-0.1, -0.05) is 198 Å². The van der Waals surface area contributed by atoms with Crippen molar-refractivity contribution in [3.05, 3.63) is 248 Å². The first kappa shape index (κ1) is 120. The van der Waals surface area contributed by atoms with Crippen molar-refractivity contribution in [2.24, 2.45) is 0 Å².